The fraction of sp³-hybridized carbons (Fsp3) is 0.481. The van der Waals surface area contributed by atoms with Crippen LogP contribution < -0.4 is 9.47 Å². The summed E-state index contributed by atoms with van der Waals surface area (Å²) in [5, 5.41) is 0. The van der Waals surface area contributed by atoms with E-state index in [1.165, 1.54) is 5.56 Å². The maximum absolute atomic E-state index is 12.0. The Morgan fingerprint density at radius 3 is 2.59 bits per heavy atom. The second-order valence-corrected chi connectivity index (χ2v) is 12.4. The highest BCUT2D eigenvalue weighted by atomic mass is 32.2. The number of carbonyl (C=O) groups excluding carboxylic acids is 1. The van der Waals surface area contributed by atoms with E-state index in [1.807, 2.05) is 23.5 Å². The van der Waals surface area contributed by atoms with Crippen molar-refractivity contribution >= 4 is 41.3 Å². The lowest BCUT2D eigenvalue weighted by atomic mass is 10.0. The van der Waals surface area contributed by atoms with Crippen molar-refractivity contribution in [3.8, 4) is 23.3 Å². The molecule has 0 fully saturated rings. The number of unbranched alkanes of at least 4 members (excludes halogenated alkanes) is 1. The highest BCUT2D eigenvalue weighted by Gasteiger charge is 2.38. The molecule has 1 aromatic heterocycles. The molecule has 1 aliphatic heterocycles. The van der Waals surface area contributed by atoms with Gasteiger partial charge in [-0.3, -0.25) is 9.78 Å². The molecule has 0 radical (unpaired) electrons. The van der Waals surface area contributed by atoms with Gasteiger partial charge in [-0.15, -0.1) is 35.3 Å². The van der Waals surface area contributed by atoms with Gasteiger partial charge in [-0.25, -0.2) is 0 Å². The summed E-state index contributed by atoms with van der Waals surface area (Å²) in [6.45, 7) is 9.37. The van der Waals surface area contributed by atoms with E-state index in [2.05, 4.69) is 56.7 Å². The highest BCUT2D eigenvalue weighted by Crippen LogP contribution is 2.55. The van der Waals surface area contributed by atoms with Crippen LogP contribution in [0.15, 0.2) is 35.5 Å². The van der Waals surface area contributed by atoms with Crippen molar-refractivity contribution in [2.75, 3.05) is 23.9 Å². The van der Waals surface area contributed by atoms with Crippen LogP contribution in [0.5, 0.6) is 11.5 Å². The quantitative estimate of drug-likeness (QED) is 0.144. The van der Waals surface area contributed by atoms with Gasteiger partial charge in [0.05, 0.1) is 16.9 Å². The molecule has 2 aromatic rings. The Kier molecular flexibility index (Phi) is 10.6. The Morgan fingerprint density at radius 2 is 1.88 bits per heavy atom. The molecule has 0 unspecified atom stereocenters. The molecule has 1 aromatic carbocycles. The third kappa shape index (κ3) is 6.90. The van der Waals surface area contributed by atoms with E-state index in [0.29, 0.717) is 12.2 Å². The van der Waals surface area contributed by atoms with Gasteiger partial charge < -0.3 is 9.47 Å². The normalized spacial score (nSPS) is 13.9. The number of fused-ring (bicyclic) bond motifs is 1. The van der Waals surface area contributed by atoms with Gasteiger partial charge in [0.1, 0.15) is 11.5 Å². The van der Waals surface area contributed by atoms with Crippen molar-refractivity contribution in [1.29, 1.82) is 0 Å². The minimum atomic E-state index is -0.233. The molecule has 182 valence electrons. The summed E-state index contributed by atoms with van der Waals surface area (Å²) in [5.41, 5.74) is 2.96. The topological polar surface area (TPSA) is 48.4 Å². The number of esters is 1. The molecule has 7 heteroatoms. The zero-order valence-electron chi connectivity index (χ0n) is 20.4. The van der Waals surface area contributed by atoms with Gasteiger partial charge in [0.25, 0.3) is 0 Å². The molecule has 0 aliphatic carbocycles. The van der Waals surface area contributed by atoms with Crippen molar-refractivity contribution in [3.05, 3.63) is 47.3 Å². The van der Waals surface area contributed by atoms with Gasteiger partial charge >= 0.3 is 5.97 Å². The van der Waals surface area contributed by atoms with Crippen LogP contribution in [-0.2, 0) is 8.87 Å². The third-order valence-electron chi connectivity index (χ3n) is 5.26. The largest absolute Gasteiger partial charge is 0.493 e. The first-order valence-corrected chi connectivity index (χ1v) is 14.9. The van der Waals surface area contributed by atoms with Crippen LogP contribution in [-0.4, -0.2) is 34.8 Å². The van der Waals surface area contributed by atoms with Crippen molar-refractivity contribution in [1.82, 2.24) is 4.98 Å². The first-order chi connectivity index (χ1) is 16.5. The lowest BCUT2D eigenvalue weighted by Crippen LogP contribution is -2.27. The van der Waals surface area contributed by atoms with Crippen LogP contribution in [0.25, 0.3) is 0 Å². The zero-order chi connectivity index (χ0) is 24.4. The van der Waals surface area contributed by atoms with Crippen LogP contribution in [0.4, 0.5) is 0 Å². The van der Waals surface area contributed by atoms with Crippen molar-refractivity contribution in [2.24, 2.45) is 0 Å². The fourth-order valence-corrected chi connectivity index (χ4v) is 7.60. The third-order valence-corrected chi connectivity index (χ3v) is 9.26. The molecule has 0 atom stereocenters. The summed E-state index contributed by atoms with van der Waals surface area (Å²) in [5.74, 6) is 10.9. The van der Waals surface area contributed by atoms with Gasteiger partial charge in [-0.1, -0.05) is 46.0 Å². The maximum Gasteiger partial charge on any atom is 0.311 e. The number of thioether (sulfide) groups is 3. The van der Waals surface area contributed by atoms with E-state index in [1.54, 1.807) is 30.2 Å². The maximum atomic E-state index is 12.0. The van der Waals surface area contributed by atoms with Gasteiger partial charge in [0, 0.05) is 40.6 Å². The van der Waals surface area contributed by atoms with Crippen molar-refractivity contribution in [2.45, 2.75) is 62.4 Å². The van der Waals surface area contributed by atoms with E-state index in [0.717, 1.165) is 64.9 Å². The lowest BCUT2D eigenvalue weighted by molar-refractivity contribution is -0.134. The molecule has 1 aliphatic rings. The summed E-state index contributed by atoms with van der Waals surface area (Å²) in [6, 6.07) is 6.17. The van der Waals surface area contributed by atoms with E-state index in [4.69, 9.17) is 9.47 Å². The number of nitrogens with zero attached hydrogens (tertiary/aromatic N) is 1. The SMILES string of the molecule is CCCCC(=O)Oc1cncc(C#Cc2cc3c(cc2SCC)OCCC3(SCC)SCC)c1. The van der Waals surface area contributed by atoms with Crippen molar-refractivity contribution in [3.63, 3.8) is 0 Å². The Hall–Kier alpha value is -1.75. The van der Waals surface area contributed by atoms with E-state index < -0.39 is 0 Å². The Bertz CT molecular complexity index is 1040. The minimum Gasteiger partial charge on any atom is -0.493 e. The first kappa shape index (κ1) is 26.8. The molecule has 4 nitrogen and oxygen atoms in total. The molecule has 3 rings (SSSR count). The average molecular weight is 516 g/mol. The summed E-state index contributed by atoms with van der Waals surface area (Å²) in [7, 11) is 0. The highest BCUT2D eigenvalue weighted by molar-refractivity contribution is 8.17. The summed E-state index contributed by atoms with van der Waals surface area (Å²) in [4.78, 5) is 17.3. The van der Waals surface area contributed by atoms with Gasteiger partial charge in [-0.05, 0) is 41.9 Å². The standard InChI is InChI=1S/C27H33NO3S3/c1-5-9-10-26(29)31-22-15-20(18-28-19-22)11-12-21-16-23-24(17-25(21)32-6-2)30-14-13-27(23,33-7-3)34-8-4/h15-19H,5-10,13-14H2,1-4H3. The predicted molar refractivity (Wildman–Crippen MR) is 146 cm³/mol. The fourth-order valence-electron chi connectivity index (χ4n) is 3.77. The monoisotopic (exact) mass is 515 g/mol. The van der Waals surface area contributed by atoms with Crippen molar-refractivity contribution < 1.29 is 14.3 Å². The van der Waals surface area contributed by atoms with E-state index in [9.17, 15) is 4.79 Å². The summed E-state index contributed by atoms with van der Waals surface area (Å²) in [6.07, 6.45) is 6.43. The van der Waals surface area contributed by atoms with Gasteiger partial charge in [0.15, 0.2) is 0 Å². The summed E-state index contributed by atoms with van der Waals surface area (Å²) >= 11 is 5.76. The number of hydrogen-bond donors (Lipinski definition) is 0. The molecule has 0 N–H and O–H groups in total. The number of hydrogen-bond acceptors (Lipinski definition) is 7. The number of rotatable bonds is 10. The molecule has 34 heavy (non-hydrogen) atoms. The zero-order valence-corrected chi connectivity index (χ0v) is 22.9. The van der Waals surface area contributed by atoms with E-state index >= 15 is 0 Å². The number of aromatic nitrogens is 1. The van der Waals surface area contributed by atoms with E-state index in [-0.39, 0.29) is 10.0 Å². The molecule has 0 saturated heterocycles. The molecular weight excluding hydrogens is 483 g/mol. The second kappa shape index (κ2) is 13.4. The number of benzene rings is 1. The first-order valence-electron chi connectivity index (χ1n) is 11.9. The van der Waals surface area contributed by atoms with Crippen LogP contribution in [0.3, 0.4) is 0 Å². The van der Waals surface area contributed by atoms with Gasteiger partial charge in [-0.2, -0.15) is 0 Å². The number of carbonyl (C=O) groups is 1. The van der Waals surface area contributed by atoms with Gasteiger partial charge in [0.2, 0.25) is 0 Å². The number of ether oxygens (including phenoxy) is 2. The average Bonchev–Trinajstić information content (AvgIpc) is 2.82. The molecule has 2 heterocycles. The second-order valence-electron chi connectivity index (χ2n) is 7.73. The number of pyridine rings is 1. The summed E-state index contributed by atoms with van der Waals surface area (Å²) < 4.78 is 11.5. The molecule has 0 saturated carbocycles. The molecule has 0 amide bonds. The van der Waals surface area contributed by atoms with Crippen LogP contribution >= 0.6 is 35.3 Å². The smallest absolute Gasteiger partial charge is 0.311 e. The Balaban J connectivity index is 1.95. The van der Waals surface area contributed by atoms with Crippen LogP contribution in [0.2, 0.25) is 0 Å². The van der Waals surface area contributed by atoms with Crippen LogP contribution in [0.1, 0.15) is 70.1 Å². The molecule has 0 bridgehead atoms. The molecule has 0 spiro atoms. The minimum absolute atomic E-state index is 0.00289. The van der Waals surface area contributed by atoms with Crippen LogP contribution in [0, 0.1) is 11.8 Å². The lowest BCUT2D eigenvalue weighted by Gasteiger charge is -2.38. The molecular formula is C27H33NO3S3. The predicted octanol–water partition coefficient (Wildman–Crippen LogP) is 7.13. The Morgan fingerprint density at radius 1 is 1.09 bits per heavy atom. The Labute approximate surface area is 216 Å².